The van der Waals surface area contributed by atoms with Gasteiger partial charge in [-0.1, -0.05) is 18.5 Å². The average Bonchev–Trinajstić information content (AvgIpc) is 2.90. The summed E-state index contributed by atoms with van der Waals surface area (Å²) < 4.78 is 40.3. The van der Waals surface area contributed by atoms with Gasteiger partial charge in [0.15, 0.2) is 0 Å². The summed E-state index contributed by atoms with van der Waals surface area (Å²) in [5.74, 6) is -0.830. The second kappa shape index (κ2) is 5.97. The van der Waals surface area contributed by atoms with Crippen molar-refractivity contribution in [1.82, 2.24) is 4.31 Å². The summed E-state index contributed by atoms with van der Waals surface area (Å²) in [7, 11) is -3.75. The predicted molar refractivity (Wildman–Crippen MR) is 74.5 cm³/mol. The number of hydrogen-bond acceptors (Lipinski definition) is 3. The average molecular weight is 322 g/mol. The minimum absolute atomic E-state index is 0.0451. The largest absolute Gasteiger partial charge is 0.392 e. The zero-order valence-electron chi connectivity index (χ0n) is 11.1. The first-order chi connectivity index (χ1) is 9.41. The second-order valence-corrected chi connectivity index (χ2v) is 7.12. The van der Waals surface area contributed by atoms with E-state index in [9.17, 15) is 12.8 Å². The highest BCUT2D eigenvalue weighted by atomic mass is 35.5. The molecule has 0 aromatic heterocycles. The number of halogens is 2. The molecule has 0 radical (unpaired) electrons. The van der Waals surface area contributed by atoms with E-state index in [-0.39, 0.29) is 21.5 Å². The van der Waals surface area contributed by atoms with Crippen molar-refractivity contribution in [2.75, 3.05) is 6.54 Å². The molecule has 0 aliphatic carbocycles. The summed E-state index contributed by atoms with van der Waals surface area (Å²) in [6.07, 6.45) is 2.35. The van der Waals surface area contributed by atoms with Gasteiger partial charge in [-0.2, -0.15) is 4.31 Å². The quantitative estimate of drug-likeness (QED) is 0.927. The lowest BCUT2D eigenvalue weighted by Crippen LogP contribution is -2.35. The van der Waals surface area contributed by atoms with E-state index in [0.29, 0.717) is 6.54 Å². The van der Waals surface area contributed by atoms with Gasteiger partial charge in [-0.05, 0) is 31.4 Å². The molecule has 0 amide bonds. The van der Waals surface area contributed by atoms with Crippen LogP contribution >= 0.6 is 11.6 Å². The van der Waals surface area contributed by atoms with Crippen LogP contribution in [0.15, 0.2) is 17.0 Å². The Balaban J connectivity index is 2.47. The Morgan fingerprint density at radius 1 is 1.50 bits per heavy atom. The monoisotopic (exact) mass is 321 g/mol. The van der Waals surface area contributed by atoms with E-state index in [0.717, 1.165) is 25.3 Å². The lowest BCUT2D eigenvalue weighted by Gasteiger charge is -2.23. The second-order valence-electron chi connectivity index (χ2n) is 4.86. The van der Waals surface area contributed by atoms with Crippen molar-refractivity contribution in [2.45, 2.75) is 43.7 Å². The predicted octanol–water partition coefficient (Wildman–Crippen LogP) is 2.53. The first-order valence-electron chi connectivity index (χ1n) is 6.52. The van der Waals surface area contributed by atoms with E-state index in [1.54, 1.807) is 0 Å². The van der Waals surface area contributed by atoms with Gasteiger partial charge in [0.05, 0.1) is 16.5 Å². The van der Waals surface area contributed by atoms with Gasteiger partial charge in [0, 0.05) is 18.2 Å². The molecule has 1 aromatic rings. The van der Waals surface area contributed by atoms with Crippen molar-refractivity contribution in [1.29, 1.82) is 0 Å². The molecule has 112 valence electrons. The fourth-order valence-electron chi connectivity index (χ4n) is 2.55. The molecule has 0 spiro atoms. The molecule has 1 aliphatic heterocycles. The van der Waals surface area contributed by atoms with Gasteiger partial charge in [-0.3, -0.25) is 0 Å². The Labute approximate surface area is 123 Å². The molecule has 0 saturated carbocycles. The van der Waals surface area contributed by atoms with Crippen molar-refractivity contribution in [2.24, 2.45) is 0 Å². The standard InChI is InChI=1S/C13H17ClFNO3S/c1-2-10-4-3-5-16(10)20(18,19)11-6-9(8-17)13(14)12(15)7-11/h6-7,10,17H,2-5,8H2,1H3. The highest BCUT2D eigenvalue weighted by molar-refractivity contribution is 7.89. The summed E-state index contributed by atoms with van der Waals surface area (Å²) in [5.41, 5.74) is 0.0810. The van der Waals surface area contributed by atoms with E-state index >= 15 is 0 Å². The van der Waals surface area contributed by atoms with Gasteiger partial charge in [-0.15, -0.1) is 0 Å². The number of hydrogen-bond donors (Lipinski definition) is 1. The van der Waals surface area contributed by atoms with Gasteiger partial charge in [0.1, 0.15) is 5.82 Å². The molecule has 20 heavy (non-hydrogen) atoms. The van der Waals surface area contributed by atoms with Crippen LogP contribution in [0.4, 0.5) is 4.39 Å². The van der Waals surface area contributed by atoms with Gasteiger partial charge in [0.2, 0.25) is 10.0 Å². The Morgan fingerprint density at radius 3 is 2.80 bits per heavy atom. The molecule has 1 heterocycles. The van der Waals surface area contributed by atoms with Crippen LogP contribution in [-0.2, 0) is 16.6 Å². The first kappa shape index (κ1) is 15.7. The number of nitrogens with zero attached hydrogens (tertiary/aromatic N) is 1. The molecule has 1 fully saturated rings. The molecule has 7 heteroatoms. The summed E-state index contributed by atoms with van der Waals surface area (Å²) in [5, 5.41) is 8.90. The summed E-state index contributed by atoms with van der Waals surface area (Å²) in [4.78, 5) is -0.149. The molecule has 1 saturated heterocycles. The van der Waals surface area contributed by atoms with Crippen LogP contribution in [0.25, 0.3) is 0 Å². The molecular formula is C13H17ClFNO3S. The molecule has 1 unspecified atom stereocenters. The minimum Gasteiger partial charge on any atom is -0.392 e. The van der Waals surface area contributed by atoms with Gasteiger partial charge in [0.25, 0.3) is 0 Å². The van der Waals surface area contributed by atoms with E-state index in [1.165, 1.54) is 10.4 Å². The van der Waals surface area contributed by atoms with Gasteiger partial charge in [-0.25, -0.2) is 12.8 Å². The Morgan fingerprint density at radius 2 is 2.20 bits per heavy atom. The van der Waals surface area contributed by atoms with E-state index in [4.69, 9.17) is 16.7 Å². The van der Waals surface area contributed by atoms with E-state index in [1.807, 2.05) is 6.92 Å². The van der Waals surface area contributed by atoms with Gasteiger partial charge < -0.3 is 5.11 Å². The molecule has 1 aromatic carbocycles. The zero-order valence-corrected chi connectivity index (χ0v) is 12.7. The van der Waals surface area contributed by atoms with Crippen molar-refractivity contribution in [3.63, 3.8) is 0 Å². The number of benzene rings is 1. The van der Waals surface area contributed by atoms with E-state index in [2.05, 4.69) is 0 Å². The fraction of sp³-hybridized carbons (Fsp3) is 0.538. The van der Waals surface area contributed by atoms with Crippen LogP contribution in [0.2, 0.25) is 5.02 Å². The van der Waals surface area contributed by atoms with Crippen molar-refractivity contribution in [3.8, 4) is 0 Å². The zero-order chi connectivity index (χ0) is 14.9. The first-order valence-corrected chi connectivity index (χ1v) is 8.34. The van der Waals surface area contributed by atoms with Crippen LogP contribution in [0.3, 0.4) is 0 Å². The van der Waals surface area contributed by atoms with Crippen LogP contribution in [0, 0.1) is 5.82 Å². The highest BCUT2D eigenvalue weighted by Gasteiger charge is 2.34. The summed E-state index contributed by atoms with van der Waals surface area (Å²) >= 11 is 5.69. The van der Waals surface area contributed by atoms with Crippen molar-refractivity contribution in [3.05, 3.63) is 28.5 Å². The molecule has 1 atom stereocenters. The molecular weight excluding hydrogens is 305 g/mol. The van der Waals surface area contributed by atoms with Gasteiger partial charge >= 0.3 is 0 Å². The maximum atomic E-state index is 13.7. The highest BCUT2D eigenvalue weighted by Crippen LogP contribution is 2.31. The SMILES string of the molecule is CCC1CCCN1S(=O)(=O)c1cc(F)c(Cl)c(CO)c1. The molecule has 1 N–H and O–H groups in total. The number of sulfonamides is 1. The molecule has 1 aliphatic rings. The van der Waals surface area contributed by atoms with Crippen molar-refractivity contribution >= 4 is 21.6 Å². The molecule has 4 nitrogen and oxygen atoms in total. The Bertz CT molecular complexity index is 606. The van der Waals surface area contributed by atoms with Crippen LogP contribution in [0.1, 0.15) is 31.7 Å². The molecule has 2 rings (SSSR count). The summed E-state index contributed by atoms with van der Waals surface area (Å²) in [6, 6.07) is 2.12. The third kappa shape index (κ3) is 2.70. The van der Waals surface area contributed by atoms with Crippen LogP contribution < -0.4 is 0 Å². The summed E-state index contributed by atoms with van der Waals surface area (Å²) in [6.45, 7) is 1.87. The maximum absolute atomic E-state index is 13.7. The maximum Gasteiger partial charge on any atom is 0.243 e. The minimum atomic E-state index is -3.75. The number of rotatable bonds is 4. The van der Waals surface area contributed by atoms with Crippen LogP contribution in [-0.4, -0.2) is 30.4 Å². The Hall–Kier alpha value is -0.690. The Kier molecular flexibility index (Phi) is 4.69. The fourth-order valence-corrected chi connectivity index (χ4v) is 4.55. The lowest BCUT2D eigenvalue weighted by atomic mass is 10.2. The van der Waals surface area contributed by atoms with E-state index < -0.39 is 22.4 Å². The molecule has 0 bridgehead atoms. The smallest absolute Gasteiger partial charge is 0.243 e. The number of aliphatic hydroxyl groups excluding tert-OH is 1. The topological polar surface area (TPSA) is 57.6 Å². The normalized spacial score (nSPS) is 20.5. The van der Waals surface area contributed by atoms with Crippen molar-refractivity contribution < 1.29 is 17.9 Å². The number of aliphatic hydroxyl groups is 1. The lowest BCUT2D eigenvalue weighted by molar-refractivity contribution is 0.281. The third-order valence-corrected chi connectivity index (χ3v) is 6.00. The van der Waals surface area contributed by atoms with Crippen LogP contribution in [0.5, 0.6) is 0 Å². The third-order valence-electron chi connectivity index (χ3n) is 3.65.